The van der Waals surface area contributed by atoms with Crippen LogP contribution in [0.15, 0.2) is 36.7 Å². The fourth-order valence-corrected chi connectivity index (χ4v) is 1.85. The molecule has 2 heterocycles. The molecule has 2 aliphatic heterocycles. The zero-order chi connectivity index (χ0) is 10.2. The van der Waals surface area contributed by atoms with Gasteiger partial charge in [-0.2, -0.15) is 0 Å². The fraction of sp³-hybridized carbons (Fsp3) is 0.455. The monoisotopic (exact) mass is 192 g/mol. The molecule has 0 aliphatic carbocycles. The van der Waals surface area contributed by atoms with Crippen LogP contribution in [0.4, 0.5) is 0 Å². The highest BCUT2D eigenvalue weighted by Gasteiger charge is 2.48. The second-order valence-corrected chi connectivity index (χ2v) is 4.25. The minimum atomic E-state index is 0.441. The normalized spacial score (nSPS) is 23.3. The molecule has 2 fully saturated rings. The van der Waals surface area contributed by atoms with Crippen LogP contribution in [0.25, 0.3) is 0 Å². The summed E-state index contributed by atoms with van der Waals surface area (Å²) in [5, 5.41) is 0. The summed E-state index contributed by atoms with van der Waals surface area (Å²) in [6.45, 7) is 11.5. The maximum atomic E-state index is 5.43. The Morgan fingerprint density at radius 3 is 2.36 bits per heavy atom. The quantitative estimate of drug-likeness (QED) is 0.674. The molecule has 0 saturated carbocycles. The second-order valence-electron chi connectivity index (χ2n) is 4.25. The first kappa shape index (κ1) is 9.34. The third kappa shape index (κ3) is 1.55. The van der Waals surface area contributed by atoms with Gasteiger partial charge in [-0.25, -0.2) is 0 Å². The fourth-order valence-electron chi connectivity index (χ4n) is 1.85. The number of hydrogen-bond acceptors (Lipinski definition) is 3. The molecule has 0 amide bonds. The van der Waals surface area contributed by atoms with Crippen LogP contribution in [-0.2, 0) is 4.74 Å². The van der Waals surface area contributed by atoms with Gasteiger partial charge in [0.05, 0.1) is 18.6 Å². The molecule has 0 aromatic rings. The van der Waals surface area contributed by atoms with Gasteiger partial charge < -0.3 is 15.4 Å². The summed E-state index contributed by atoms with van der Waals surface area (Å²) in [5.74, 6) is 0. The zero-order valence-electron chi connectivity index (χ0n) is 8.33. The summed E-state index contributed by atoms with van der Waals surface area (Å²) in [5.41, 5.74) is 7.44. The summed E-state index contributed by atoms with van der Waals surface area (Å²) < 4.78 is 5.20. The van der Waals surface area contributed by atoms with Crippen LogP contribution in [0.3, 0.4) is 0 Å². The smallest absolute Gasteiger partial charge is 0.0579 e. The molecule has 2 N–H and O–H groups in total. The van der Waals surface area contributed by atoms with Gasteiger partial charge in [0.1, 0.15) is 0 Å². The molecule has 0 atom stereocenters. The maximum Gasteiger partial charge on any atom is 0.0579 e. The molecule has 0 bridgehead atoms. The highest BCUT2D eigenvalue weighted by atomic mass is 16.5. The van der Waals surface area contributed by atoms with E-state index in [-0.39, 0.29) is 0 Å². The van der Waals surface area contributed by atoms with E-state index in [0.29, 0.717) is 11.1 Å². The third-order valence-electron chi connectivity index (χ3n) is 2.77. The highest BCUT2D eigenvalue weighted by Crippen LogP contribution is 2.39. The van der Waals surface area contributed by atoms with Crippen molar-refractivity contribution >= 4 is 0 Å². The number of nitrogens with two attached hydrogens (primary N) is 1. The Morgan fingerprint density at radius 1 is 1.29 bits per heavy atom. The largest absolute Gasteiger partial charge is 0.399 e. The summed E-state index contributed by atoms with van der Waals surface area (Å²) in [6.07, 6.45) is 3.69. The SMILES string of the molecule is C=C(N)/C=C\C(=C)N1CC2(COC2)C1. The van der Waals surface area contributed by atoms with E-state index < -0.39 is 0 Å². The van der Waals surface area contributed by atoms with Gasteiger partial charge in [0.15, 0.2) is 0 Å². The lowest BCUT2D eigenvalue weighted by Gasteiger charge is -2.56. The van der Waals surface area contributed by atoms with Crippen LogP contribution in [0.2, 0.25) is 0 Å². The van der Waals surface area contributed by atoms with Crippen LogP contribution in [0, 0.1) is 5.41 Å². The minimum absolute atomic E-state index is 0.441. The standard InChI is InChI=1S/C11H16N2O/c1-9(12)3-4-10(2)13-5-11(6-13)7-14-8-11/h3-4H,1-2,5-8,12H2/b4-3-. The van der Waals surface area contributed by atoms with Crippen molar-refractivity contribution in [2.24, 2.45) is 11.1 Å². The van der Waals surface area contributed by atoms with Crippen molar-refractivity contribution in [3.8, 4) is 0 Å². The highest BCUT2D eigenvalue weighted by molar-refractivity contribution is 5.24. The predicted molar refractivity (Wildman–Crippen MR) is 56.4 cm³/mol. The Labute approximate surface area is 84.5 Å². The molecule has 76 valence electrons. The third-order valence-corrected chi connectivity index (χ3v) is 2.77. The molecule has 3 heteroatoms. The van der Waals surface area contributed by atoms with Crippen molar-refractivity contribution < 1.29 is 4.74 Å². The molecular formula is C11H16N2O. The zero-order valence-corrected chi connectivity index (χ0v) is 8.33. The Balaban J connectivity index is 1.81. The number of rotatable bonds is 3. The number of ether oxygens (including phenoxy) is 1. The summed E-state index contributed by atoms with van der Waals surface area (Å²) in [4.78, 5) is 2.24. The van der Waals surface area contributed by atoms with Crippen molar-refractivity contribution in [3.05, 3.63) is 36.7 Å². The van der Waals surface area contributed by atoms with E-state index in [2.05, 4.69) is 18.1 Å². The van der Waals surface area contributed by atoms with E-state index in [4.69, 9.17) is 10.5 Å². The Morgan fingerprint density at radius 2 is 1.93 bits per heavy atom. The topological polar surface area (TPSA) is 38.5 Å². The van der Waals surface area contributed by atoms with Gasteiger partial charge in [0.2, 0.25) is 0 Å². The molecule has 0 aromatic carbocycles. The molecule has 0 radical (unpaired) electrons. The molecule has 0 aromatic heterocycles. The molecular weight excluding hydrogens is 176 g/mol. The number of likely N-dealkylation sites (tertiary alicyclic amines) is 1. The van der Waals surface area contributed by atoms with Crippen molar-refractivity contribution in [2.45, 2.75) is 0 Å². The van der Waals surface area contributed by atoms with Gasteiger partial charge in [0, 0.05) is 24.5 Å². The molecule has 2 aliphatic rings. The van der Waals surface area contributed by atoms with Crippen LogP contribution in [0.5, 0.6) is 0 Å². The molecule has 0 unspecified atom stereocenters. The molecule has 2 saturated heterocycles. The van der Waals surface area contributed by atoms with Crippen molar-refractivity contribution in [2.75, 3.05) is 26.3 Å². The number of allylic oxidation sites excluding steroid dienone is 2. The van der Waals surface area contributed by atoms with Gasteiger partial charge >= 0.3 is 0 Å². The Kier molecular flexibility index (Phi) is 2.11. The van der Waals surface area contributed by atoms with Crippen LogP contribution in [-0.4, -0.2) is 31.2 Å². The number of nitrogens with zero attached hydrogens (tertiary/aromatic N) is 1. The average Bonchev–Trinajstić information content (AvgIpc) is 1.95. The molecule has 14 heavy (non-hydrogen) atoms. The van der Waals surface area contributed by atoms with E-state index in [1.807, 2.05) is 6.08 Å². The number of hydrogen-bond donors (Lipinski definition) is 1. The maximum absolute atomic E-state index is 5.43. The van der Waals surface area contributed by atoms with Gasteiger partial charge in [-0.15, -0.1) is 0 Å². The van der Waals surface area contributed by atoms with E-state index in [9.17, 15) is 0 Å². The first-order chi connectivity index (χ1) is 6.61. The van der Waals surface area contributed by atoms with E-state index in [0.717, 1.165) is 32.0 Å². The van der Waals surface area contributed by atoms with E-state index in [1.165, 1.54) is 0 Å². The van der Waals surface area contributed by atoms with Gasteiger partial charge in [-0.3, -0.25) is 0 Å². The first-order valence-corrected chi connectivity index (χ1v) is 4.75. The van der Waals surface area contributed by atoms with Gasteiger partial charge in [0.25, 0.3) is 0 Å². The van der Waals surface area contributed by atoms with E-state index in [1.54, 1.807) is 6.08 Å². The lowest BCUT2D eigenvalue weighted by molar-refractivity contribution is -0.178. The predicted octanol–water partition coefficient (Wildman–Crippen LogP) is 0.861. The summed E-state index contributed by atoms with van der Waals surface area (Å²) >= 11 is 0. The van der Waals surface area contributed by atoms with Gasteiger partial charge in [-0.1, -0.05) is 13.2 Å². The second kappa shape index (κ2) is 3.17. The Hall–Kier alpha value is -1.22. The lowest BCUT2D eigenvalue weighted by Crippen LogP contribution is -2.65. The average molecular weight is 192 g/mol. The Bertz CT molecular complexity index is 294. The van der Waals surface area contributed by atoms with Crippen molar-refractivity contribution in [3.63, 3.8) is 0 Å². The summed E-state index contributed by atoms with van der Waals surface area (Å²) in [7, 11) is 0. The summed E-state index contributed by atoms with van der Waals surface area (Å²) in [6, 6.07) is 0. The van der Waals surface area contributed by atoms with Crippen LogP contribution < -0.4 is 5.73 Å². The van der Waals surface area contributed by atoms with Crippen molar-refractivity contribution in [1.29, 1.82) is 0 Å². The minimum Gasteiger partial charge on any atom is -0.399 e. The van der Waals surface area contributed by atoms with Crippen LogP contribution in [0.1, 0.15) is 0 Å². The van der Waals surface area contributed by atoms with Gasteiger partial charge in [-0.05, 0) is 12.2 Å². The first-order valence-electron chi connectivity index (χ1n) is 4.75. The molecule has 1 spiro atoms. The lowest BCUT2D eigenvalue weighted by atomic mass is 9.78. The van der Waals surface area contributed by atoms with Crippen LogP contribution >= 0.6 is 0 Å². The van der Waals surface area contributed by atoms with Crippen molar-refractivity contribution in [1.82, 2.24) is 4.90 Å². The molecule has 2 rings (SSSR count). The van der Waals surface area contributed by atoms with E-state index >= 15 is 0 Å². The molecule has 3 nitrogen and oxygen atoms in total.